The normalized spacial score (nSPS) is 21.9. The number of amides is 1. The molecule has 0 aliphatic carbocycles. The van der Waals surface area contributed by atoms with E-state index in [1.807, 2.05) is 30.3 Å². The minimum Gasteiger partial charge on any atom is -0.483 e. The van der Waals surface area contributed by atoms with Crippen LogP contribution in [-0.4, -0.2) is 48.2 Å². The van der Waals surface area contributed by atoms with E-state index < -0.39 is 11.9 Å². The highest BCUT2D eigenvalue weighted by atomic mass is 16.8. The van der Waals surface area contributed by atoms with E-state index >= 15 is 0 Å². The highest BCUT2D eigenvalue weighted by molar-refractivity contribution is 6.01. The number of hydrogen-bond donors (Lipinski definition) is 1. The molecule has 2 aromatic rings. The van der Waals surface area contributed by atoms with E-state index in [9.17, 15) is 9.59 Å². The maximum absolute atomic E-state index is 12.9. The van der Waals surface area contributed by atoms with Gasteiger partial charge in [-0.3, -0.25) is 14.5 Å². The second kappa shape index (κ2) is 9.47. The fourth-order valence-corrected chi connectivity index (χ4v) is 4.65. The second-order valence-electron chi connectivity index (χ2n) is 8.99. The molecule has 0 aromatic heterocycles. The number of likely N-dealkylation sites (tertiary alicyclic amines) is 1. The van der Waals surface area contributed by atoms with E-state index in [2.05, 4.69) is 22.5 Å². The van der Waals surface area contributed by atoms with Crippen molar-refractivity contribution in [2.75, 3.05) is 19.7 Å². The van der Waals surface area contributed by atoms with Crippen molar-refractivity contribution in [1.82, 2.24) is 10.4 Å². The Labute approximate surface area is 193 Å². The van der Waals surface area contributed by atoms with Gasteiger partial charge in [0, 0.05) is 38.7 Å². The minimum absolute atomic E-state index is 0.0769. The Kier molecular flexibility index (Phi) is 6.26. The monoisotopic (exact) mass is 448 g/mol. The molecule has 1 amide bonds. The summed E-state index contributed by atoms with van der Waals surface area (Å²) >= 11 is 0. The van der Waals surface area contributed by atoms with Gasteiger partial charge >= 0.3 is 0 Å². The first kappa shape index (κ1) is 21.8. The van der Waals surface area contributed by atoms with E-state index in [4.69, 9.17) is 14.3 Å². The van der Waals surface area contributed by atoms with Gasteiger partial charge in [-0.25, -0.2) is 10.3 Å². The zero-order valence-electron chi connectivity index (χ0n) is 18.5. The summed E-state index contributed by atoms with van der Waals surface area (Å²) in [5.74, 6) is 0.314. The van der Waals surface area contributed by atoms with Crippen molar-refractivity contribution in [3.05, 3.63) is 71.3 Å². The van der Waals surface area contributed by atoms with Gasteiger partial charge in [0.1, 0.15) is 11.4 Å². The largest absolute Gasteiger partial charge is 0.483 e. The number of nitrogens with one attached hydrogen (secondary N) is 1. The lowest BCUT2D eigenvalue weighted by Crippen LogP contribution is -2.66. The summed E-state index contributed by atoms with van der Waals surface area (Å²) in [7, 11) is 0. The predicted octanol–water partition coefficient (Wildman–Crippen LogP) is 3.49. The first-order chi connectivity index (χ1) is 16.1. The molecule has 1 N–H and O–H groups in total. The summed E-state index contributed by atoms with van der Waals surface area (Å²) in [6.45, 7) is 2.97. The van der Waals surface area contributed by atoms with Gasteiger partial charge in [0.2, 0.25) is 0 Å². The summed E-state index contributed by atoms with van der Waals surface area (Å²) in [5, 5.41) is 0. The molecule has 3 aliphatic heterocycles. The van der Waals surface area contributed by atoms with Gasteiger partial charge in [-0.15, -0.1) is 0 Å². The van der Waals surface area contributed by atoms with Gasteiger partial charge in [0.05, 0.1) is 12.0 Å². The third-order valence-corrected chi connectivity index (χ3v) is 6.24. The van der Waals surface area contributed by atoms with E-state index in [1.165, 1.54) is 11.6 Å². The van der Waals surface area contributed by atoms with Crippen molar-refractivity contribution in [2.45, 2.75) is 44.1 Å². The van der Waals surface area contributed by atoms with Crippen LogP contribution in [0.5, 0.6) is 5.75 Å². The van der Waals surface area contributed by atoms with Crippen molar-refractivity contribution in [3.63, 3.8) is 0 Å². The number of Topliss-reactive ketones (excluding diaryl/α,β-unsaturated/α-hetero) is 1. The van der Waals surface area contributed by atoms with Crippen molar-refractivity contribution in [1.29, 1.82) is 0 Å². The first-order valence-corrected chi connectivity index (χ1v) is 11.5. The Bertz CT molecular complexity index is 1040. The van der Waals surface area contributed by atoms with Crippen molar-refractivity contribution >= 4 is 17.8 Å². The number of ketones is 1. The van der Waals surface area contributed by atoms with Crippen LogP contribution >= 0.6 is 0 Å². The maximum atomic E-state index is 12.9. The van der Waals surface area contributed by atoms with E-state index in [0.717, 1.165) is 44.5 Å². The van der Waals surface area contributed by atoms with Crippen LogP contribution in [0.3, 0.4) is 0 Å². The molecule has 3 aliphatic rings. The molecule has 33 heavy (non-hydrogen) atoms. The molecule has 7 nitrogen and oxygen atoms in total. The number of ether oxygens (including phenoxy) is 2. The quantitative estimate of drug-likeness (QED) is 0.539. The molecule has 172 valence electrons. The smallest absolute Gasteiger partial charge is 0.267 e. The molecule has 0 bridgehead atoms. The van der Waals surface area contributed by atoms with Crippen LogP contribution in [-0.2, 0) is 20.9 Å². The number of carbonyl (C=O) groups excluding carboxylic acids is 2. The van der Waals surface area contributed by atoms with Gasteiger partial charge in [-0.05, 0) is 42.2 Å². The molecule has 0 radical (unpaired) electrons. The zero-order valence-corrected chi connectivity index (χ0v) is 18.5. The molecule has 1 atom stereocenters. The standard InChI is InChI=1S/C26H28N2O5/c29-22-15-26(17-28(18-26)16-20-6-2-1-3-7-20)32-23-11-9-19(14-21(22)23)10-12-24(30)27-33-25-8-4-5-13-31-25/h1-3,6-7,9-12,14,25H,4-5,8,13,15-18H2,(H,27,30)/b12-10+. The lowest BCUT2D eigenvalue weighted by atomic mass is 9.83. The van der Waals surface area contributed by atoms with Gasteiger partial charge in [0.25, 0.3) is 5.91 Å². The molecule has 1 unspecified atom stereocenters. The molecule has 2 saturated heterocycles. The van der Waals surface area contributed by atoms with Crippen molar-refractivity contribution in [2.24, 2.45) is 0 Å². The number of rotatable bonds is 6. The van der Waals surface area contributed by atoms with E-state index in [0.29, 0.717) is 24.3 Å². The topological polar surface area (TPSA) is 77.1 Å². The molecule has 0 saturated carbocycles. The third kappa shape index (κ3) is 5.16. The average molecular weight is 449 g/mol. The molecule has 2 fully saturated rings. The number of benzene rings is 2. The molecule has 1 spiro atoms. The Hall–Kier alpha value is -3.00. The van der Waals surface area contributed by atoms with Gasteiger partial charge in [-0.1, -0.05) is 36.4 Å². The van der Waals surface area contributed by atoms with E-state index in [-0.39, 0.29) is 11.7 Å². The highest BCUT2D eigenvalue weighted by Crippen LogP contribution is 2.39. The number of hydrogen-bond acceptors (Lipinski definition) is 6. The molecule has 3 heterocycles. The van der Waals surface area contributed by atoms with Gasteiger partial charge < -0.3 is 9.47 Å². The number of nitrogens with zero attached hydrogens (tertiary/aromatic N) is 1. The van der Waals surface area contributed by atoms with Crippen LogP contribution in [0.2, 0.25) is 0 Å². The molecule has 7 heteroatoms. The Morgan fingerprint density at radius 1 is 1.18 bits per heavy atom. The van der Waals surface area contributed by atoms with Crippen LogP contribution in [0.25, 0.3) is 6.08 Å². The number of carbonyl (C=O) groups is 2. The summed E-state index contributed by atoms with van der Waals surface area (Å²) < 4.78 is 11.7. The fraction of sp³-hybridized carbons (Fsp3) is 0.385. The average Bonchev–Trinajstić information content (AvgIpc) is 2.82. The highest BCUT2D eigenvalue weighted by Gasteiger charge is 2.49. The SMILES string of the molecule is O=C(/C=C/c1ccc2c(c1)C(=O)CC1(CN(Cc3ccccc3)C1)O2)NOC1CCCCO1. The summed E-state index contributed by atoms with van der Waals surface area (Å²) in [5.41, 5.74) is 4.54. The van der Waals surface area contributed by atoms with E-state index in [1.54, 1.807) is 12.1 Å². The number of fused-ring (bicyclic) bond motifs is 1. The van der Waals surface area contributed by atoms with Crippen molar-refractivity contribution in [3.8, 4) is 5.75 Å². The Balaban J connectivity index is 1.16. The summed E-state index contributed by atoms with van der Waals surface area (Å²) in [6, 6.07) is 15.7. The predicted molar refractivity (Wildman–Crippen MR) is 122 cm³/mol. The molecule has 2 aromatic carbocycles. The van der Waals surface area contributed by atoms with Crippen LogP contribution in [0.1, 0.15) is 47.2 Å². The minimum atomic E-state index is -0.436. The number of hydroxylamine groups is 1. The Morgan fingerprint density at radius 2 is 2.03 bits per heavy atom. The summed E-state index contributed by atoms with van der Waals surface area (Å²) in [4.78, 5) is 32.5. The summed E-state index contributed by atoms with van der Waals surface area (Å²) in [6.07, 6.45) is 5.82. The van der Waals surface area contributed by atoms with Crippen LogP contribution in [0.4, 0.5) is 0 Å². The van der Waals surface area contributed by atoms with Gasteiger partial charge in [-0.2, -0.15) is 0 Å². The van der Waals surface area contributed by atoms with Crippen LogP contribution in [0, 0.1) is 0 Å². The molecule has 5 rings (SSSR count). The first-order valence-electron chi connectivity index (χ1n) is 11.5. The van der Waals surface area contributed by atoms with Crippen molar-refractivity contribution < 1.29 is 23.9 Å². The lowest BCUT2D eigenvalue weighted by molar-refractivity contribution is -0.198. The zero-order chi connectivity index (χ0) is 22.7. The fourth-order valence-electron chi connectivity index (χ4n) is 4.65. The third-order valence-electron chi connectivity index (χ3n) is 6.24. The molecular weight excluding hydrogens is 420 g/mol. The Morgan fingerprint density at radius 3 is 2.82 bits per heavy atom. The second-order valence-corrected chi connectivity index (χ2v) is 8.99. The van der Waals surface area contributed by atoms with Crippen LogP contribution < -0.4 is 10.2 Å². The molecular formula is C26H28N2O5. The maximum Gasteiger partial charge on any atom is 0.267 e. The van der Waals surface area contributed by atoms with Gasteiger partial charge in [0.15, 0.2) is 12.1 Å². The van der Waals surface area contributed by atoms with Crippen LogP contribution in [0.15, 0.2) is 54.6 Å². The lowest BCUT2D eigenvalue weighted by Gasteiger charge is -2.51.